The van der Waals surface area contributed by atoms with E-state index in [9.17, 15) is 17.6 Å². The lowest BCUT2D eigenvalue weighted by Gasteiger charge is -2.06. The standard InChI is InChI=1S/C8H6F4O2/c1-13-3-14-5-2-4(9)6(10)8(12)7(5)11/h2H,3H2,1H3. The van der Waals surface area contributed by atoms with Crippen molar-refractivity contribution < 1.29 is 27.0 Å². The molecule has 0 saturated heterocycles. The Balaban J connectivity index is 3.06. The third-order valence-corrected chi connectivity index (χ3v) is 1.40. The van der Waals surface area contributed by atoms with Crippen LogP contribution in [0.5, 0.6) is 5.75 Å². The van der Waals surface area contributed by atoms with Crippen molar-refractivity contribution in [2.45, 2.75) is 0 Å². The van der Waals surface area contributed by atoms with E-state index in [-0.39, 0.29) is 6.79 Å². The summed E-state index contributed by atoms with van der Waals surface area (Å²) in [5.74, 6) is -7.61. The van der Waals surface area contributed by atoms with Gasteiger partial charge >= 0.3 is 0 Å². The lowest BCUT2D eigenvalue weighted by Crippen LogP contribution is -2.04. The van der Waals surface area contributed by atoms with Crippen LogP contribution < -0.4 is 4.74 Å². The van der Waals surface area contributed by atoms with Gasteiger partial charge in [0.25, 0.3) is 0 Å². The van der Waals surface area contributed by atoms with E-state index in [2.05, 4.69) is 9.47 Å². The summed E-state index contributed by atoms with van der Waals surface area (Å²) in [5, 5.41) is 0. The molecule has 2 nitrogen and oxygen atoms in total. The first-order valence-corrected chi connectivity index (χ1v) is 3.52. The van der Waals surface area contributed by atoms with E-state index in [1.165, 1.54) is 7.11 Å². The van der Waals surface area contributed by atoms with E-state index in [4.69, 9.17) is 0 Å². The number of ether oxygens (including phenoxy) is 2. The summed E-state index contributed by atoms with van der Waals surface area (Å²) in [6, 6.07) is 0.409. The number of methoxy groups -OCH3 is 1. The Labute approximate surface area is 77.1 Å². The van der Waals surface area contributed by atoms with Gasteiger partial charge in [-0.25, -0.2) is 13.2 Å². The van der Waals surface area contributed by atoms with E-state index >= 15 is 0 Å². The molecule has 0 heterocycles. The molecule has 0 amide bonds. The Hall–Kier alpha value is -1.30. The number of rotatable bonds is 3. The van der Waals surface area contributed by atoms with Crippen LogP contribution in [0.4, 0.5) is 17.6 Å². The van der Waals surface area contributed by atoms with Gasteiger partial charge in [0.2, 0.25) is 11.6 Å². The fourth-order valence-electron chi connectivity index (χ4n) is 0.779. The third kappa shape index (κ3) is 1.95. The molecule has 0 spiro atoms. The van der Waals surface area contributed by atoms with Crippen molar-refractivity contribution in [2.24, 2.45) is 0 Å². The fourth-order valence-corrected chi connectivity index (χ4v) is 0.779. The molecule has 1 aromatic rings. The normalized spacial score (nSPS) is 10.4. The molecular weight excluding hydrogens is 204 g/mol. The Morgan fingerprint density at radius 1 is 1.07 bits per heavy atom. The van der Waals surface area contributed by atoms with Gasteiger partial charge in [-0.3, -0.25) is 0 Å². The molecule has 0 fully saturated rings. The second-order valence-electron chi connectivity index (χ2n) is 2.35. The van der Waals surface area contributed by atoms with Gasteiger partial charge in [0, 0.05) is 13.2 Å². The molecule has 1 rings (SSSR count). The van der Waals surface area contributed by atoms with Crippen molar-refractivity contribution in [3.8, 4) is 5.75 Å². The minimum atomic E-state index is -1.91. The molecule has 0 atom stereocenters. The van der Waals surface area contributed by atoms with E-state index in [1.54, 1.807) is 0 Å². The van der Waals surface area contributed by atoms with Crippen LogP contribution >= 0.6 is 0 Å². The second kappa shape index (κ2) is 4.28. The highest BCUT2D eigenvalue weighted by Crippen LogP contribution is 2.24. The minimum absolute atomic E-state index is 0.387. The molecule has 0 unspecified atom stereocenters. The maximum absolute atomic E-state index is 12.8. The van der Waals surface area contributed by atoms with Crippen LogP contribution in [0.25, 0.3) is 0 Å². The second-order valence-corrected chi connectivity index (χ2v) is 2.35. The Morgan fingerprint density at radius 2 is 1.71 bits per heavy atom. The molecule has 0 aliphatic heterocycles. The average molecular weight is 210 g/mol. The van der Waals surface area contributed by atoms with Crippen molar-refractivity contribution in [3.05, 3.63) is 29.3 Å². The maximum Gasteiger partial charge on any atom is 0.204 e. The first-order valence-electron chi connectivity index (χ1n) is 3.52. The summed E-state index contributed by atoms with van der Waals surface area (Å²) < 4.78 is 59.2. The third-order valence-electron chi connectivity index (χ3n) is 1.40. The highest BCUT2D eigenvalue weighted by atomic mass is 19.2. The highest BCUT2D eigenvalue weighted by molar-refractivity contribution is 5.27. The van der Waals surface area contributed by atoms with E-state index in [0.29, 0.717) is 6.07 Å². The summed E-state index contributed by atoms with van der Waals surface area (Å²) in [5.41, 5.74) is 0. The van der Waals surface area contributed by atoms with Crippen LogP contribution in [0.1, 0.15) is 0 Å². The van der Waals surface area contributed by atoms with Crippen LogP contribution in [0, 0.1) is 23.3 Å². The molecule has 0 radical (unpaired) electrons. The lowest BCUT2D eigenvalue weighted by atomic mass is 10.3. The zero-order valence-corrected chi connectivity index (χ0v) is 7.11. The Kier molecular flexibility index (Phi) is 3.29. The molecule has 0 saturated carbocycles. The molecule has 14 heavy (non-hydrogen) atoms. The van der Waals surface area contributed by atoms with Gasteiger partial charge < -0.3 is 9.47 Å². The van der Waals surface area contributed by atoms with Gasteiger partial charge in [0.15, 0.2) is 24.2 Å². The predicted molar refractivity (Wildman–Crippen MR) is 38.8 cm³/mol. The lowest BCUT2D eigenvalue weighted by molar-refractivity contribution is 0.0472. The van der Waals surface area contributed by atoms with E-state index < -0.39 is 29.0 Å². The fraction of sp³-hybridized carbons (Fsp3) is 0.250. The Bertz CT molecular complexity index is 341. The SMILES string of the molecule is COCOc1cc(F)c(F)c(F)c1F. The largest absolute Gasteiger partial charge is 0.464 e. The van der Waals surface area contributed by atoms with E-state index in [0.717, 1.165) is 0 Å². The van der Waals surface area contributed by atoms with Crippen molar-refractivity contribution in [2.75, 3.05) is 13.9 Å². The van der Waals surface area contributed by atoms with Crippen molar-refractivity contribution in [1.29, 1.82) is 0 Å². The Morgan fingerprint density at radius 3 is 2.29 bits per heavy atom. The number of halogens is 4. The summed E-state index contributed by atoms with van der Waals surface area (Å²) in [6.07, 6.45) is 0. The highest BCUT2D eigenvalue weighted by Gasteiger charge is 2.19. The topological polar surface area (TPSA) is 18.5 Å². The zero-order chi connectivity index (χ0) is 10.7. The summed E-state index contributed by atoms with van der Waals surface area (Å²) >= 11 is 0. The monoisotopic (exact) mass is 210 g/mol. The van der Waals surface area contributed by atoms with Gasteiger partial charge in [-0.05, 0) is 0 Å². The number of hydrogen-bond acceptors (Lipinski definition) is 2. The predicted octanol–water partition coefficient (Wildman–Crippen LogP) is 2.23. The molecule has 0 aromatic heterocycles. The van der Waals surface area contributed by atoms with Crippen LogP contribution in [0.15, 0.2) is 6.07 Å². The van der Waals surface area contributed by atoms with Crippen LogP contribution in [0.3, 0.4) is 0 Å². The number of hydrogen-bond donors (Lipinski definition) is 0. The van der Waals surface area contributed by atoms with Crippen molar-refractivity contribution in [3.63, 3.8) is 0 Å². The van der Waals surface area contributed by atoms with Gasteiger partial charge in [-0.1, -0.05) is 0 Å². The first-order chi connectivity index (χ1) is 6.57. The van der Waals surface area contributed by atoms with Crippen LogP contribution in [0.2, 0.25) is 0 Å². The number of benzene rings is 1. The summed E-state index contributed by atoms with van der Waals surface area (Å²) in [4.78, 5) is 0. The molecular formula is C8H6F4O2. The smallest absolute Gasteiger partial charge is 0.204 e. The van der Waals surface area contributed by atoms with Crippen molar-refractivity contribution in [1.82, 2.24) is 0 Å². The van der Waals surface area contributed by atoms with Gasteiger partial charge in [0.05, 0.1) is 0 Å². The average Bonchev–Trinajstić information content (AvgIpc) is 2.18. The van der Waals surface area contributed by atoms with Crippen molar-refractivity contribution >= 4 is 0 Å². The molecule has 0 aliphatic carbocycles. The van der Waals surface area contributed by atoms with Gasteiger partial charge in [-0.2, -0.15) is 4.39 Å². The molecule has 0 aliphatic rings. The zero-order valence-electron chi connectivity index (χ0n) is 7.11. The van der Waals surface area contributed by atoms with Gasteiger partial charge in [-0.15, -0.1) is 0 Å². The van der Waals surface area contributed by atoms with E-state index in [1.807, 2.05) is 0 Å². The molecule has 78 valence electrons. The molecule has 1 aromatic carbocycles. The quantitative estimate of drug-likeness (QED) is 0.329. The summed E-state index contributed by atoms with van der Waals surface area (Å²) in [7, 11) is 1.24. The minimum Gasteiger partial charge on any atom is -0.464 e. The summed E-state index contributed by atoms with van der Waals surface area (Å²) in [6.45, 7) is -0.387. The first kappa shape index (κ1) is 10.8. The molecule has 0 N–H and O–H groups in total. The maximum atomic E-state index is 12.8. The van der Waals surface area contributed by atoms with Crippen LogP contribution in [-0.4, -0.2) is 13.9 Å². The van der Waals surface area contributed by atoms with Gasteiger partial charge in [0.1, 0.15) is 0 Å². The molecule has 6 heteroatoms. The molecule has 0 bridgehead atoms. The van der Waals surface area contributed by atoms with Crippen LogP contribution in [-0.2, 0) is 4.74 Å².